The van der Waals surface area contributed by atoms with Crippen molar-refractivity contribution in [3.05, 3.63) is 83.6 Å². The van der Waals surface area contributed by atoms with E-state index in [4.69, 9.17) is 14.5 Å². The summed E-state index contributed by atoms with van der Waals surface area (Å²) >= 11 is 0. The summed E-state index contributed by atoms with van der Waals surface area (Å²) in [4.78, 5) is 32.5. The Kier molecular flexibility index (Phi) is 10.9. The van der Waals surface area contributed by atoms with E-state index in [9.17, 15) is 14.7 Å². The molecule has 3 aromatic rings. The van der Waals surface area contributed by atoms with Gasteiger partial charge in [0.05, 0.1) is 12.5 Å². The van der Waals surface area contributed by atoms with Crippen LogP contribution in [-0.2, 0) is 22.4 Å². The van der Waals surface area contributed by atoms with Gasteiger partial charge in [0, 0.05) is 30.9 Å². The van der Waals surface area contributed by atoms with E-state index in [0.29, 0.717) is 44.9 Å². The molecule has 9 nitrogen and oxygen atoms in total. The second kappa shape index (κ2) is 15.4. The lowest BCUT2D eigenvalue weighted by Gasteiger charge is -2.27. The molecule has 43 heavy (non-hydrogen) atoms. The van der Waals surface area contributed by atoms with Gasteiger partial charge in [-0.2, -0.15) is 0 Å². The number of aryl methyl sites for hydroxylation is 2. The minimum Gasteiger partial charge on any atom is -0.493 e. The Morgan fingerprint density at radius 3 is 2.74 bits per heavy atom. The predicted molar refractivity (Wildman–Crippen MR) is 166 cm³/mol. The summed E-state index contributed by atoms with van der Waals surface area (Å²) in [5.74, 6) is 0.800. The van der Waals surface area contributed by atoms with E-state index in [-0.39, 0.29) is 5.91 Å². The van der Waals surface area contributed by atoms with E-state index < -0.39 is 17.9 Å². The fraction of sp³-hybridized carbons (Fsp3) is 0.441. The molecule has 0 fully saturated rings. The maximum atomic E-state index is 13.2. The summed E-state index contributed by atoms with van der Waals surface area (Å²) < 4.78 is 11.6. The Bertz CT molecular complexity index is 1350. The van der Waals surface area contributed by atoms with Crippen LogP contribution in [0, 0.1) is 0 Å². The topological polar surface area (TPSA) is 113 Å². The van der Waals surface area contributed by atoms with Crippen molar-refractivity contribution in [1.82, 2.24) is 15.2 Å². The quantitative estimate of drug-likeness (QED) is 0.220. The zero-order valence-electron chi connectivity index (χ0n) is 24.7. The van der Waals surface area contributed by atoms with E-state index in [0.717, 1.165) is 68.0 Å². The maximum absolute atomic E-state index is 13.2. The molecule has 0 radical (unpaired) electrons. The van der Waals surface area contributed by atoms with Crippen LogP contribution in [0.3, 0.4) is 0 Å². The van der Waals surface area contributed by atoms with E-state index in [2.05, 4.69) is 27.7 Å². The second-order valence-corrected chi connectivity index (χ2v) is 11.2. The molecule has 3 heterocycles. The number of nitrogens with one attached hydrogen (secondary N) is 2. The number of fused-ring (bicyclic) bond motifs is 2. The largest absolute Gasteiger partial charge is 0.493 e. The number of carboxylic acids is 1. The van der Waals surface area contributed by atoms with Crippen molar-refractivity contribution in [2.45, 2.75) is 56.9 Å². The van der Waals surface area contributed by atoms with Crippen LogP contribution in [-0.4, -0.2) is 72.3 Å². The molecule has 2 aliphatic rings. The van der Waals surface area contributed by atoms with Crippen LogP contribution in [0.4, 0.5) is 5.82 Å². The molecule has 2 aromatic carbocycles. The summed E-state index contributed by atoms with van der Waals surface area (Å²) in [7, 11) is 0. The number of pyridine rings is 1. The number of hydrogen-bond acceptors (Lipinski definition) is 7. The molecule has 5 rings (SSSR count). The van der Waals surface area contributed by atoms with Crippen LogP contribution < -0.4 is 20.1 Å². The van der Waals surface area contributed by atoms with Crippen molar-refractivity contribution in [2.24, 2.45) is 0 Å². The monoisotopic (exact) mass is 586 g/mol. The third-order valence-corrected chi connectivity index (χ3v) is 8.15. The Hall–Kier alpha value is -4.11. The molecule has 0 saturated carbocycles. The van der Waals surface area contributed by atoms with Crippen LogP contribution >= 0.6 is 0 Å². The number of carbonyl (C=O) groups is 2. The molecule has 1 amide bonds. The second-order valence-electron chi connectivity index (χ2n) is 11.2. The molecule has 9 heteroatoms. The molecular weight excluding hydrogens is 544 g/mol. The first-order chi connectivity index (χ1) is 21.1. The first-order valence-electron chi connectivity index (χ1n) is 15.4. The fourth-order valence-corrected chi connectivity index (χ4v) is 5.75. The number of hydrogen-bond donors (Lipinski definition) is 3. The number of carboxylic acid groups (broad SMARTS) is 1. The van der Waals surface area contributed by atoms with Crippen molar-refractivity contribution >= 4 is 17.7 Å². The molecule has 3 N–H and O–H groups in total. The lowest BCUT2D eigenvalue weighted by atomic mass is 9.92. The Morgan fingerprint density at radius 2 is 1.88 bits per heavy atom. The first-order valence-corrected chi connectivity index (χ1v) is 15.4. The smallest absolute Gasteiger partial charge is 0.326 e. The Labute approximate surface area is 253 Å². The van der Waals surface area contributed by atoms with Crippen LogP contribution in [0.5, 0.6) is 11.5 Å². The van der Waals surface area contributed by atoms with Gasteiger partial charge in [-0.15, -0.1) is 0 Å². The number of aromatic nitrogens is 1. The highest BCUT2D eigenvalue weighted by Gasteiger charge is 2.30. The summed E-state index contributed by atoms with van der Waals surface area (Å²) in [5.41, 5.74) is 3.19. The number of carbonyl (C=O) groups excluding carboxylic acids is 1. The number of amides is 1. The lowest BCUT2D eigenvalue weighted by Crippen LogP contribution is -2.46. The van der Waals surface area contributed by atoms with Gasteiger partial charge in [0.2, 0.25) is 5.91 Å². The highest BCUT2D eigenvalue weighted by atomic mass is 16.5. The van der Waals surface area contributed by atoms with Crippen LogP contribution in [0.2, 0.25) is 0 Å². The maximum Gasteiger partial charge on any atom is 0.326 e. The Balaban J connectivity index is 1.15. The number of para-hydroxylation sites is 2. The number of unbranched alkanes of at least 4 members (excludes halogenated alkanes) is 1. The molecular formula is C34H42N4O5. The first kappa shape index (κ1) is 30.4. The van der Waals surface area contributed by atoms with E-state index in [1.54, 1.807) is 0 Å². The minimum atomic E-state index is -1.03. The highest BCUT2D eigenvalue weighted by Crippen LogP contribution is 2.33. The van der Waals surface area contributed by atoms with Gasteiger partial charge >= 0.3 is 5.97 Å². The number of anilines is 1. The van der Waals surface area contributed by atoms with Gasteiger partial charge in [0.25, 0.3) is 0 Å². The fourth-order valence-electron chi connectivity index (χ4n) is 5.75. The zero-order valence-corrected chi connectivity index (χ0v) is 24.7. The molecule has 0 saturated heterocycles. The Morgan fingerprint density at radius 1 is 1.05 bits per heavy atom. The normalized spacial score (nSPS) is 16.3. The molecule has 228 valence electrons. The van der Waals surface area contributed by atoms with Crippen LogP contribution in [0.1, 0.15) is 54.8 Å². The van der Waals surface area contributed by atoms with Crippen LogP contribution in [0.25, 0.3) is 0 Å². The van der Waals surface area contributed by atoms with Crippen molar-refractivity contribution < 1.29 is 24.2 Å². The molecule has 1 unspecified atom stereocenters. The standard InChI is InChI=1S/C34H42N4O5/c39-33(29-18-23-43-31-14-5-4-13-28(29)31)37-30(34(40)41)17-21-38(22-24-42-27-11-2-1-3-12-27)20-7-6-10-26-16-15-25-9-8-19-35-32(25)36-26/h1-5,11-16,29-30H,6-10,17-24H2,(H,35,36)(H,37,39)(H,40,41)/t29?,30-/m0/s1. The van der Waals surface area contributed by atoms with Crippen molar-refractivity contribution in [2.75, 3.05) is 44.7 Å². The SMILES string of the molecule is O=C(N[C@@H](CCN(CCCCc1ccc2c(n1)NCCC2)CCOc1ccccc1)C(=O)O)C1CCOc2ccccc21. The molecule has 0 spiro atoms. The molecule has 2 aliphatic heterocycles. The lowest BCUT2D eigenvalue weighted by molar-refractivity contribution is -0.142. The number of ether oxygens (including phenoxy) is 2. The van der Waals surface area contributed by atoms with Crippen molar-refractivity contribution in [3.63, 3.8) is 0 Å². The summed E-state index contributed by atoms with van der Waals surface area (Å²) in [5, 5.41) is 16.2. The van der Waals surface area contributed by atoms with E-state index >= 15 is 0 Å². The third-order valence-electron chi connectivity index (χ3n) is 8.15. The summed E-state index contributed by atoms with van der Waals surface area (Å²) in [6.45, 7) is 3.88. The molecule has 0 aliphatic carbocycles. The van der Waals surface area contributed by atoms with Gasteiger partial charge in [-0.3, -0.25) is 9.69 Å². The van der Waals surface area contributed by atoms with Gasteiger partial charge in [0.15, 0.2) is 0 Å². The van der Waals surface area contributed by atoms with Gasteiger partial charge in [0.1, 0.15) is 30.0 Å². The average Bonchev–Trinajstić information content (AvgIpc) is 3.04. The summed E-state index contributed by atoms with van der Waals surface area (Å²) in [6, 6.07) is 20.5. The third kappa shape index (κ3) is 8.70. The van der Waals surface area contributed by atoms with Crippen molar-refractivity contribution in [3.8, 4) is 11.5 Å². The number of aliphatic carboxylic acids is 1. The van der Waals surface area contributed by atoms with Crippen molar-refractivity contribution in [1.29, 1.82) is 0 Å². The predicted octanol–water partition coefficient (Wildman–Crippen LogP) is 4.67. The number of rotatable bonds is 15. The van der Waals surface area contributed by atoms with E-state index in [1.807, 2.05) is 54.6 Å². The zero-order chi connectivity index (χ0) is 29.9. The molecule has 1 aromatic heterocycles. The van der Waals surface area contributed by atoms with Gasteiger partial charge in [-0.05, 0) is 81.3 Å². The van der Waals surface area contributed by atoms with Gasteiger partial charge in [-0.25, -0.2) is 9.78 Å². The summed E-state index contributed by atoms with van der Waals surface area (Å²) in [6.07, 6.45) is 5.86. The number of nitrogens with zero attached hydrogens (tertiary/aromatic N) is 2. The minimum absolute atomic E-state index is 0.269. The molecule has 0 bridgehead atoms. The number of benzene rings is 2. The highest BCUT2D eigenvalue weighted by molar-refractivity contribution is 5.88. The van der Waals surface area contributed by atoms with Gasteiger partial charge in [-0.1, -0.05) is 42.5 Å². The molecule has 2 atom stereocenters. The van der Waals surface area contributed by atoms with Crippen LogP contribution in [0.15, 0.2) is 66.7 Å². The van der Waals surface area contributed by atoms with E-state index in [1.165, 1.54) is 5.56 Å². The van der Waals surface area contributed by atoms with Gasteiger partial charge < -0.3 is 25.2 Å². The average molecular weight is 587 g/mol.